The van der Waals surface area contributed by atoms with E-state index >= 15 is 0 Å². The molecule has 0 unspecified atom stereocenters. The third-order valence-electron chi connectivity index (χ3n) is 2.48. The van der Waals surface area contributed by atoms with Gasteiger partial charge in [0, 0.05) is 11.6 Å². The lowest BCUT2D eigenvalue weighted by molar-refractivity contribution is 0.316. The van der Waals surface area contributed by atoms with Crippen LogP contribution in [0.15, 0.2) is 18.2 Å². The van der Waals surface area contributed by atoms with Crippen molar-refractivity contribution in [3.63, 3.8) is 0 Å². The predicted octanol–water partition coefficient (Wildman–Crippen LogP) is 2.17. The van der Waals surface area contributed by atoms with Crippen molar-refractivity contribution < 1.29 is 4.74 Å². The minimum atomic E-state index is 0.150. The molecule has 1 aliphatic rings. The molecule has 2 heteroatoms. The van der Waals surface area contributed by atoms with E-state index in [0.29, 0.717) is 0 Å². The minimum absolute atomic E-state index is 0.150. The first-order valence-electron chi connectivity index (χ1n) is 4.76. The molecule has 1 aromatic carbocycles. The number of rotatable bonds is 0. The molecule has 2 nitrogen and oxygen atoms in total. The van der Waals surface area contributed by atoms with Crippen molar-refractivity contribution in [1.29, 1.82) is 0 Å². The molecule has 70 valence electrons. The molecule has 13 heavy (non-hydrogen) atoms. The molecule has 0 bridgehead atoms. The van der Waals surface area contributed by atoms with E-state index in [2.05, 4.69) is 19.1 Å². The quantitative estimate of drug-likeness (QED) is 0.659. The summed E-state index contributed by atoms with van der Waals surface area (Å²) in [5.41, 5.74) is 8.45. The third kappa shape index (κ3) is 1.68. The lowest BCUT2D eigenvalue weighted by atomic mass is 10.0. The summed E-state index contributed by atoms with van der Waals surface area (Å²) in [5.74, 6) is 0.968. The van der Waals surface area contributed by atoms with E-state index in [0.717, 1.165) is 30.8 Å². The number of hydrogen-bond acceptors (Lipinski definition) is 2. The molecule has 0 aliphatic carbocycles. The summed E-state index contributed by atoms with van der Waals surface area (Å²) in [6.45, 7) is 2.88. The topological polar surface area (TPSA) is 35.2 Å². The first kappa shape index (κ1) is 8.57. The van der Waals surface area contributed by atoms with Crippen LogP contribution >= 0.6 is 0 Å². The highest BCUT2D eigenvalue weighted by Crippen LogP contribution is 2.30. The van der Waals surface area contributed by atoms with E-state index in [1.807, 2.05) is 6.07 Å². The maximum atomic E-state index is 6.04. The Kier molecular flexibility index (Phi) is 2.23. The molecular weight excluding hydrogens is 162 g/mol. The SMILES string of the molecule is Cc1ccc2c(c1)[C@H](N)CCCO2. The fourth-order valence-electron chi connectivity index (χ4n) is 1.73. The summed E-state index contributed by atoms with van der Waals surface area (Å²) in [7, 11) is 0. The molecule has 2 N–H and O–H groups in total. The average Bonchev–Trinajstić information content (AvgIpc) is 2.29. The summed E-state index contributed by atoms with van der Waals surface area (Å²) in [6.07, 6.45) is 2.07. The van der Waals surface area contributed by atoms with E-state index in [-0.39, 0.29) is 6.04 Å². The van der Waals surface area contributed by atoms with Crippen LogP contribution in [-0.2, 0) is 0 Å². The van der Waals surface area contributed by atoms with Crippen LogP contribution in [0.2, 0.25) is 0 Å². The van der Waals surface area contributed by atoms with Crippen LogP contribution in [0.1, 0.15) is 30.0 Å². The number of benzene rings is 1. The van der Waals surface area contributed by atoms with Gasteiger partial charge in [-0.15, -0.1) is 0 Å². The number of aryl methyl sites for hydroxylation is 1. The number of nitrogens with two attached hydrogens (primary N) is 1. The van der Waals surface area contributed by atoms with Gasteiger partial charge in [0.25, 0.3) is 0 Å². The Balaban J connectivity index is 2.43. The van der Waals surface area contributed by atoms with Crippen molar-refractivity contribution in [2.75, 3.05) is 6.61 Å². The maximum Gasteiger partial charge on any atom is 0.124 e. The molecule has 1 aliphatic heterocycles. The van der Waals surface area contributed by atoms with Crippen LogP contribution in [-0.4, -0.2) is 6.61 Å². The maximum absolute atomic E-state index is 6.04. The van der Waals surface area contributed by atoms with Crippen LogP contribution in [0.4, 0.5) is 0 Å². The van der Waals surface area contributed by atoms with Crippen LogP contribution in [0.5, 0.6) is 5.75 Å². The second-order valence-electron chi connectivity index (χ2n) is 3.64. The van der Waals surface area contributed by atoms with E-state index in [4.69, 9.17) is 10.5 Å². The van der Waals surface area contributed by atoms with E-state index in [1.165, 1.54) is 5.56 Å². The number of ether oxygens (including phenoxy) is 1. The zero-order valence-electron chi connectivity index (χ0n) is 7.92. The smallest absolute Gasteiger partial charge is 0.124 e. The van der Waals surface area contributed by atoms with Crippen molar-refractivity contribution in [2.45, 2.75) is 25.8 Å². The Morgan fingerprint density at radius 3 is 3.15 bits per heavy atom. The van der Waals surface area contributed by atoms with Crippen molar-refractivity contribution in [1.82, 2.24) is 0 Å². The van der Waals surface area contributed by atoms with E-state index in [1.54, 1.807) is 0 Å². The monoisotopic (exact) mass is 177 g/mol. The summed E-state index contributed by atoms with van der Waals surface area (Å²) in [4.78, 5) is 0. The second kappa shape index (κ2) is 3.38. The molecule has 0 fully saturated rings. The molecule has 0 saturated heterocycles. The zero-order chi connectivity index (χ0) is 9.26. The van der Waals surface area contributed by atoms with Crippen LogP contribution in [0.3, 0.4) is 0 Å². The van der Waals surface area contributed by atoms with Crippen LogP contribution < -0.4 is 10.5 Å². The van der Waals surface area contributed by atoms with Crippen molar-refractivity contribution in [3.8, 4) is 5.75 Å². The number of hydrogen-bond donors (Lipinski definition) is 1. The van der Waals surface area contributed by atoms with Crippen molar-refractivity contribution in [2.24, 2.45) is 5.73 Å². The lowest BCUT2D eigenvalue weighted by Gasteiger charge is -2.11. The molecule has 2 rings (SSSR count). The van der Waals surface area contributed by atoms with Gasteiger partial charge in [0.2, 0.25) is 0 Å². The van der Waals surface area contributed by atoms with Gasteiger partial charge in [-0.25, -0.2) is 0 Å². The molecule has 0 amide bonds. The standard InChI is InChI=1S/C11H15NO/c1-8-4-5-11-9(7-8)10(12)3-2-6-13-11/h4-5,7,10H,2-3,6,12H2,1H3/t10-/m1/s1. The molecule has 1 atom stereocenters. The highest BCUT2D eigenvalue weighted by molar-refractivity contribution is 5.39. The van der Waals surface area contributed by atoms with Crippen LogP contribution in [0, 0.1) is 6.92 Å². The van der Waals surface area contributed by atoms with Crippen LogP contribution in [0.25, 0.3) is 0 Å². The highest BCUT2D eigenvalue weighted by Gasteiger charge is 2.15. The van der Waals surface area contributed by atoms with Gasteiger partial charge in [-0.1, -0.05) is 17.7 Å². The van der Waals surface area contributed by atoms with Gasteiger partial charge in [0.15, 0.2) is 0 Å². The largest absolute Gasteiger partial charge is 0.493 e. The molecule has 0 saturated carbocycles. The Labute approximate surface area is 78.7 Å². The zero-order valence-corrected chi connectivity index (χ0v) is 7.92. The normalized spacial score (nSPS) is 21.5. The van der Waals surface area contributed by atoms with E-state index < -0.39 is 0 Å². The first-order valence-corrected chi connectivity index (χ1v) is 4.76. The fraction of sp³-hybridized carbons (Fsp3) is 0.455. The molecular formula is C11H15NO. The van der Waals surface area contributed by atoms with Crippen molar-refractivity contribution in [3.05, 3.63) is 29.3 Å². The second-order valence-corrected chi connectivity index (χ2v) is 3.64. The Hall–Kier alpha value is -1.02. The van der Waals surface area contributed by atoms with Gasteiger partial charge in [0.05, 0.1) is 6.61 Å². The third-order valence-corrected chi connectivity index (χ3v) is 2.48. The van der Waals surface area contributed by atoms with Gasteiger partial charge >= 0.3 is 0 Å². The first-order chi connectivity index (χ1) is 6.27. The summed E-state index contributed by atoms with van der Waals surface area (Å²) < 4.78 is 5.59. The van der Waals surface area contributed by atoms with Gasteiger partial charge in [-0.05, 0) is 25.8 Å². The molecule has 1 aromatic rings. The van der Waals surface area contributed by atoms with Crippen molar-refractivity contribution >= 4 is 0 Å². The van der Waals surface area contributed by atoms with Gasteiger partial charge in [-0.3, -0.25) is 0 Å². The van der Waals surface area contributed by atoms with Gasteiger partial charge < -0.3 is 10.5 Å². The highest BCUT2D eigenvalue weighted by atomic mass is 16.5. The molecule has 0 radical (unpaired) electrons. The minimum Gasteiger partial charge on any atom is -0.493 e. The predicted molar refractivity (Wildman–Crippen MR) is 52.8 cm³/mol. The summed E-state index contributed by atoms with van der Waals surface area (Å²) >= 11 is 0. The lowest BCUT2D eigenvalue weighted by Crippen LogP contribution is -2.09. The molecule has 0 spiro atoms. The summed E-state index contributed by atoms with van der Waals surface area (Å²) in [6, 6.07) is 6.37. The average molecular weight is 177 g/mol. The Morgan fingerprint density at radius 2 is 2.31 bits per heavy atom. The fourth-order valence-corrected chi connectivity index (χ4v) is 1.73. The molecule has 1 heterocycles. The summed E-state index contributed by atoms with van der Waals surface area (Å²) in [5, 5.41) is 0. The number of fused-ring (bicyclic) bond motifs is 1. The van der Waals surface area contributed by atoms with E-state index in [9.17, 15) is 0 Å². The van der Waals surface area contributed by atoms with Gasteiger partial charge in [-0.2, -0.15) is 0 Å². The Morgan fingerprint density at radius 1 is 1.46 bits per heavy atom. The molecule has 0 aromatic heterocycles. The van der Waals surface area contributed by atoms with Gasteiger partial charge in [0.1, 0.15) is 5.75 Å². The Bertz CT molecular complexity index is 309.